The number of amides is 2. The van der Waals surface area contributed by atoms with Crippen LogP contribution in [-0.4, -0.2) is 38.1 Å². The van der Waals surface area contributed by atoms with Crippen LogP contribution in [0.2, 0.25) is 0 Å². The highest BCUT2D eigenvalue weighted by atomic mass is 32.2. The molecule has 0 saturated carbocycles. The normalized spacial score (nSPS) is 27.5. The summed E-state index contributed by atoms with van der Waals surface area (Å²) in [6.07, 6.45) is 1.55. The van der Waals surface area contributed by atoms with E-state index in [2.05, 4.69) is 5.32 Å². The predicted octanol–water partition coefficient (Wildman–Crippen LogP) is 0.219. The lowest BCUT2D eigenvalue weighted by atomic mass is 10.2. The predicted molar refractivity (Wildman–Crippen MR) is 77.2 cm³/mol. The SMILES string of the molecule is O=C1CC(NC2C=CS(=O)(=O)C2)C(=O)N1c1ccccc1. The summed E-state index contributed by atoms with van der Waals surface area (Å²) in [6.45, 7) is 0. The van der Waals surface area contributed by atoms with Crippen LogP contribution < -0.4 is 10.2 Å². The molecule has 110 valence electrons. The molecule has 2 aliphatic heterocycles. The maximum Gasteiger partial charge on any atom is 0.251 e. The second-order valence-corrected chi connectivity index (χ2v) is 7.02. The summed E-state index contributed by atoms with van der Waals surface area (Å²) in [4.78, 5) is 25.5. The summed E-state index contributed by atoms with van der Waals surface area (Å²) in [7, 11) is -3.19. The van der Waals surface area contributed by atoms with Gasteiger partial charge in [0.25, 0.3) is 5.91 Å². The number of imide groups is 1. The van der Waals surface area contributed by atoms with E-state index in [0.717, 1.165) is 10.3 Å². The molecule has 1 N–H and O–H groups in total. The van der Waals surface area contributed by atoms with Gasteiger partial charge in [-0.15, -0.1) is 0 Å². The molecule has 21 heavy (non-hydrogen) atoms. The fourth-order valence-corrected chi connectivity index (χ4v) is 3.80. The smallest absolute Gasteiger partial charge is 0.251 e. The molecule has 2 amide bonds. The average Bonchev–Trinajstić information content (AvgIpc) is 2.91. The van der Waals surface area contributed by atoms with Gasteiger partial charge in [-0.2, -0.15) is 0 Å². The number of nitrogens with one attached hydrogen (secondary N) is 1. The highest BCUT2D eigenvalue weighted by Gasteiger charge is 2.40. The summed E-state index contributed by atoms with van der Waals surface area (Å²) < 4.78 is 22.7. The summed E-state index contributed by atoms with van der Waals surface area (Å²) >= 11 is 0. The minimum absolute atomic E-state index is 0.0398. The highest BCUT2D eigenvalue weighted by molar-refractivity contribution is 7.94. The lowest BCUT2D eigenvalue weighted by Crippen LogP contribution is -2.44. The second kappa shape index (κ2) is 5.09. The maximum absolute atomic E-state index is 12.3. The molecule has 2 unspecified atom stereocenters. The van der Waals surface area contributed by atoms with Gasteiger partial charge in [-0.05, 0) is 12.1 Å². The van der Waals surface area contributed by atoms with Gasteiger partial charge in [0.2, 0.25) is 5.91 Å². The standard InChI is InChI=1S/C14H14N2O4S/c17-13-8-12(15-10-6-7-21(19,20)9-10)14(18)16(13)11-4-2-1-3-5-11/h1-7,10,12,15H,8-9H2. The van der Waals surface area contributed by atoms with E-state index >= 15 is 0 Å². The Kier molecular flexibility index (Phi) is 3.38. The first-order chi connectivity index (χ1) is 9.96. The fourth-order valence-electron chi connectivity index (χ4n) is 2.55. The number of hydrogen-bond donors (Lipinski definition) is 1. The van der Waals surface area contributed by atoms with Gasteiger partial charge in [-0.1, -0.05) is 24.3 Å². The van der Waals surface area contributed by atoms with Crippen molar-refractivity contribution >= 4 is 27.3 Å². The highest BCUT2D eigenvalue weighted by Crippen LogP contribution is 2.23. The topological polar surface area (TPSA) is 83.5 Å². The molecule has 2 atom stereocenters. The molecule has 1 aromatic rings. The summed E-state index contributed by atoms with van der Waals surface area (Å²) in [5.74, 6) is -0.700. The zero-order chi connectivity index (χ0) is 15.0. The van der Waals surface area contributed by atoms with Crippen molar-refractivity contribution in [2.45, 2.75) is 18.5 Å². The minimum Gasteiger partial charge on any atom is -0.298 e. The van der Waals surface area contributed by atoms with E-state index in [1.54, 1.807) is 30.3 Å². The van der Waals surface area contributed by atoms with Crippen molar-refractivity contribution in [1.82, 2.24) is 5.32 Å². The monoisotopic (exact) mass is 306 g/mol. The van der Waals surface area contributed by atoms with Gasteiger partial charge in [-0.25, -0.2) is 13.3 Å². The molecule has 2 heterocycles. The van der Waals surface area contributed by atoms with Crippen molar-refractivity contribution in [3.63, 3.8) is 0 Å². The third-order valence-corrected chi connectivity index (χ3v) is 4.90. The van der Waals surface area contributed by atoms with Crippen LogP contribution in [-0.2, 0) is 19.4 Å². The number of nitrogens with zero attached hydrogens (tertiary/aromatic N) is 1. The molecule has 1 fully saturated rings. The number of hydrogen-bond acceptors (Lipinski definition) is 5. The molecule has 3 rings (SSSR count). The molecule has 0 aromatic heterocycles. The van der Waals surface area contributed by atoms with E-state index in [-0.39, 0.29) is 24.0 Å². The van der Waals surface area contributed by atoms with E-state index in [0.29, 0.717) is 5.69 Å². The fraction of sp³-hybridized carbons (Fsp3) is 0.286. The van der Waals surface area contributed by atoms with Crippen molar-refractivity contribution < 1.29 is 18.0 Å². The summed E-state index contributed by atoms with van der Waals surface area (Å²) in [5.41, 5.74) is 0.534. The zero-order valence-corrected chi connectivity index (χ0v) is 11.9. The van der Waals surface area contributed by atoms with Crippen LogP contribution >= 0.6 is 0 Å². The van der Waals surface area contributed by atoms with E-state index in [4.69, 9.17) is 0 Å². The molecule has 1 aromatic carbocycles. The number of anilines is 1. The maximum atomic E-state index is 12.3. The van der Waals surface area contributed by atoms with Crippen LogP contribution in [0.25, 0.3) is 0 Å². The molecule has 0 aliphatic carbocycles. The number of carbonyl (C=O) groups is 2. The van der Waals surface area contributed by atoms with E-state index in [9.17, 15) is 18.0 Å². The van der Waals surface area contributed by atoms with Crippen LogP contribution in [0, 0.1) is 0 Å². The summed E-state index contributed by atoms with van der Waals surface area (Å²) in [6, 6.07) is 7.59. The molecular weight excluding hydrogens is 292 g/mol. The molecule has 0 bridgehead atoms. The molecule has 2 aliphatic rings. The van der Waals surface area contributed by atoms with Crippen LogP contribution in [0.5, 0.6) is 0 Å². The number of rotatable bonds is 3. The third kappa shape index (κ3) is 2.74. The van der Waals surface area contributed by atoms with Crippen LogP contribution in [0.15, 0.2) is 41.8 Å². The largest absolute Gasteiger partial charge is 0.298 e. The first-order valence-corrected chi connectivity index (χ1v) is 8.27. The van der Waals surface area contributed by atoms with Crippen LogP contribution in [0.1, 0.15) is 6.42 Å². The lowest BCUT2D eigenvalue weighted by molar-refractivity contribution is -0.121. The lowest BCUT2D eigenvalue weighted by Gasteiger charge is -2.17. The minimum atomic E-state index is -3.19. The Morgan fingerprint density at radius 2 is 1.86 bits per heavy atom. The number of para-hydroxylation sites is 1. The van der Waals surface area contributed by atoms with Crippen molar-refractivity contribution in [3.8, 4) is 0 Å². The first kappa shape index (κ1) is 14.0. The van der Waals surface area contributed by atoms with E-state index in [1.165, 1.54) is 6.08 Å². The van der Waals surface area contributed by atoms with Gasteiger partial charge in [-0.3, -0.25) is 14.9 Å². The van der Waals surface area contributed by atoms with E-state index < -0.39 is 21.9 Å². The number of sulfone groups is 1. The zero-order valence-electron chi connectivity index (χ0n) is 11.1. The van der Waals surface area contributed by atoms with Crippen molar-refractivity contribution in [2.24, 2.45) is 0 Å². The van der Waals surface area contributed by atoms with Crippen molar-refractivity contribution in [2.75, 3.05) is 10.7 Å². The van der Waals surface area contributed by atoms with Gasteiger partial charge in [0, 0.05) is 11.4 Å². The van der Waals surface area contributed by atoms with Gasteiger partial charge in [0.1, 0.15) is 0 Å². The van der Waals surface area contributed by atoms with Gasteiger partial charge < -0.3 is 0 Å². The van der Waals surface area contributed by atoms with Crippen LogP contribution in [0.4, 0.5) is 5.69 Å². The Balaban J connectivity index is 1.74. The Labute approximate surface area is 122 Å². The molecule has 0 radical (unpaired) electrons. The molecule has 6 nitrogen and oxygen atoms in total. The average molecular weight is 306 g/mol. The Hall–Kier alpha value is -1.99. The van der Waals surface area contributed by atoms with Crippen molar-refractivity contribution in [1.29, 1.82) is 0 Å². The molecule has 0 spiro atoms. The van der Waals surface area contributed by atoms with Gasteiger partial charge in [0.15, 0.2) is 9.84 Å². The van der Waals surface area contributed by atoms with E-state index in [1.807, 2.05) is 0 Å². The summed E-state index contributed by atoms with van der Waals surface area (Å²) in [5, 5.41) is 4.08. The molecule has 7 heteroatoms. The van der Waals surface area contributed by atoms with Crippen LogP contribution in [0.3, 0.4) is 0 Å². The Bertz CT molecular complexity index is 712. The second-order valence-electron chi connectivity index (χ2n) is 5.09. The third-order valence-electron chi connectivity index (χ3n) is 3.51. The Morgan fingerprint density at radius 3 is 2.48 bits per heavy atom. The van der Waals surface area contributed by atoms with Gasteiger partial charge >= 0.3 is 0 Å². The Morgan fingerprint density at radius 1 is 1.14 bits per heavy atom. The number of benzene rings is 1. The quantitative estimate of drug-likeness (QED) is 0.808. The molecular formula is C14H14N2O4S. The van der Waals surface area contributed by atoms with Gasteiger partial charge in [0.05, 0.1) is 23.9 Å². The molecule has 1 saturated heterocycles. The number of carbonyl (C=O) groups excluding carboxylic acids is 2. The van der Waals surface area contributed by atoms with Crippen molar-refractivity contribution in [3.05, 3.63) is 41.8 Å². The first-order valence-electron chi connectivity index (χ1n) is 6.55.